The molecule has 2 amide bonds. The molecule has 7 heteroatoms. The highest BCUT2D eigenvalue weighted by Gasteiger charge is 2.36. The first-order valence-electron chi connectivity index (χ1n) is 9.69. The number of benzene rings is 1. The second-order valence-electron chi connectivity index (χ2n) is 7.70. The van der Waals surface area contributed by atoms with E-state index >= 15 is 0 Å². The van der Waals surface area contributed by atoms with Crippen LogP contribution in [0.3, 0.4) is 0 Å². The number of amides is 2. The molecule has 148 valence electrons. The van der Waals surface area contributed by atoms with Gasteiger partial charge in [0, 0.05) is 12.1 Å². The number of likely N-dealkylation sites (N-methyl/N-ethyl adjacent to an activating group) is 1. The number of nitrogens with one attached hydrogen (secondary N) is 2. The van der Waals surface area contributed by atoms with Crippen LogP contribution in [0.4, 0.5) is 9.18 Å². The van der Waals surface area contributed by atoms with Crippen LogP contribution in [0.15, 0.2) is 18.2 Å². The minimum Gasteiger partial charge on any atom is -0.480 e. The van der Waals surface area contributed by atoms with Gasteiger partial charge in [-0.3, -0.25) is 9.69 Å². The Balaban J connectivity index is 1.54. The molecule has 0 heterocycles. The summed E-state index contributed by atoms with van der Waals surface area (Å²) in [7, 11) is 0. The van der Waals surface area contributed by atoms with Crippen molar-refractivity contribution in [3.05, 3.63) is 35.1 Å². The number of urea groups is 1. The van der Waals surface area contributed by atoms with E-state index in [1.807, 2.05) is 17.9 Å². The fourth-order valence-corrected chi connectivity index (χ4v) is 4.24. The van der Waals surface area contributed by atoms with Crippen LogP contribution < -0.4 is 10.6 Å². The van der Waals surface area contributed by atoms with Gasteiger partial charge in [0.2, 0.25) is 0 Å². The highest BCUT2D eigenvalue weighted by atomic mass is 19.1. The molecule has 0 aromatic heterocycles. The van der Waals surface area contributed by atoms with Crippen molar-refractivity contribution in [1.29, 1.82) is 0 Å². The lowest BCUT2D eigenvalue weighted by molar-refractivity contribution is -0.139. The van der Waals surface area contributed by atoms with E-state index in [-0.39, 0.29) is 42.4 Å². The number of rotatable bonds is 6. The standard InChI is InChI=1S/C20H28FN3O3/c1-3-24(11-18(25)26)14-9-13(10-14)22-20(27)23-19-12(2)7-8-15-16(19)5-4-6-17(15)21/h4-6,12-14,19H,3,7-11H2,1-2H3,(H,25,26)(H2,22,23,27). The van der Waals surface area contributed by atoms with E-state index in [1.165, 1.54) is 6.07 Å². The summed E-state index contributed by atoms with van der Waals surface area (Å²) < 4.78 is 14.1. The third kappa shape index (κ3) is 4.40. The van der Waals surface area contributed by atoms with Crippen LogP contribution in [-0.4, -0.2) is 47.2 Å². The van der Waals surface area contributed by atoms with Gasteiger partial charge in [-0.05, 0) is 55.3 Å². The Bertz CT molecular complexity index is 706. The van der Waals surface area contributed by atoms with E-state index in [9.17, 15) is 14.0 Å². The van der Waals surface area contributed by atoms with Gasteiger partial charge in [-0.25, -0.2) is 9.18 Å². The number of aliphatic carboxylic acids is 1. The topological polar surface area (TPSA) is 81.7 Å². The molecule has 1 saturated carbocycles. The molecule has 6 nitrogen and oxygen atoms in total. The molecule has 3 rings (SSSR count). The fraction of sp³-hybridized carbons (Fsp3) is 0.600. The van der Waals surface area contributed by atoms with Crippen molar-refractivity contribution in [3.8, 4) is 0 Å². The third-order valence-corrected chi connectivity index (χ3v) is 5.90. The lowest BCUT2D eigenvalue weighted by Gasteiger charge is -2.42. The average molecular weight is 377 g/mol. The largest absolute Gasteiger partial charge is 0.480 e. The summed E-state index contributed by atoms with van der Waals surface area (Å²) in [5.41, 5.74) is 1.57. The Morgan fingerprint density at radius 3 is 2.70 bits per heavy atom. The van der Waals surface area contributed by atoms with Crippen molar-refractivity contribution in [2.75, 3.05) is 13.1 Å². The Hall–Kier alpha value is -2.15. The first-order valence-corrected chi connectivity index (χ1v) is 9.69. The van der Waals surface area contributed by atoms with Crippen LogP contribution >= 0.6 is 0 Å². The van der Waals surface area contributed by atoms with Crippen molar-refractivity contribution >= 4 is 12.0 Å². The number of hydrogen-bond donors (Lipinski definition) is 3. The average Bonchev–Trinajstić information content (AvgIpc) is 2.58. The molecular formula is C20H28FN3O3. The summed E-state index contributed by atoms with van der Waals surface area (Å²) >= 11 is 0. The molecule has 2 aliphatic carbocycles. The number of halogens is 1. The van der Waals surface area contributed by atoms with Crippen LogP contribution in [-0.2, 0) is 11.2 Å². The van der Waals surface area contributed by atoms with Crippen LogP contribution in [0, 0.1) is 11.7 Å². The first-order chi connectivity index (χ1) is 12.9. The van der Waals surface area contributed by atoms with Gasteiger partial charge in [0.05, 0.1) is 12.6 Å². The van der Waals surface area contributed by atoms with Crippen molar-refractivity contribution in [1.82, 2.24) is 15.5 Å². The summed E-state index contributed by atoms with van der Waals surface area (Å²) in [6.07, 6.45) is 3.04. The fourth-order valence-electron chi connectivity index (χ4n) is 4.24. The second kappa shape index (κ2) is 8.25. The first kappa shape index (κ1) is 19.6. The Labute approximate surface area is 159 Å². The normalized spacial score (nSPS) is 26.8. The van der Waals surface area contributed by atoms with Crippen molar-refractivity contribution in [2.24, 2.45) is 5.92 Å². The zero-order valence-electron chi connectivity index (χ0n) is 15.9. The molecular weight excluding hydrogens is 349 g/mol. The Morgan fingerprint density at radius 2 is 2.04 bits per heavy atom. The lowest BCUT2D eigenvalue weighted by atomic mass is 9.80. The number of nitrogens with zero attached hydrogens (tertiary/aromatic N) is 1. The SMILES string of the molecule is CCN(CC(=O)O)C1CC(NC(=O)NC2c3cccc(F)c3CCC2C)C1. The number of carbonyl (C=O) groups excluding carboxylic acids is 1. The van der Waals surface area contributed by atoms with Crippen molar-refractivity contribution < 1.29 is 19.1 Å². The zero-order valence-corrected chi connectivity index (χ0v) is 15.9. The predicted octanol–water partition coefficient (Wildman–Crippen LogP) is 2.69. The number of fused-ring (bicyclic) bond motifs is 1. The summed E-state index contributed by atoms with van der Waals surface area (Å²) in [5, 5.41) is 14.9. The van der Waals surface area contributed by atoms with Gasteiger partial charge in [0.25, 0.3) is 0 Å². The molecule has 27 heavy (non-hydrogen) atoms. The predicted molar refractivity (Wildman–Crippen MR) is 100.0 cm³/mol. The molecule has 0 saturated heterocycles. The molecule has 1 aromatic carbocycles. The smallest absolute Gasteiger partial charge is 0.317 e. The van der Waals surface area contributed by atoms with E-state index < -0.39 is 5.97 Å². The molecule has 2 aliphatic rings. The highest BCUT2D eigenvalue weighted by molar-refractivity contribution is 5.75. The molecule has 3 N–H and O–H groups in total. The number of carbonyl (C=O) groups is 2. The van der Waals surface area contributed by atoms with Gasteiger partial charge < -0.3 is 15.7 Å². The van der Waals surface area contributed by atoms with Crippen molar-refractivity contribution in [3.63, 3.8) is 0 Å². The second-order valence-corrected chi connectivity index (χ2v) is 7.70. The van der Waals surface area contributed by atoms with Crippen molar-refractivity contribution in [2.45, 2.75) is 57.7 Å². The molecule has 2 unspecified atom stereocenters. The van der Waals surface area contributed by atoms with Crippen LogP contribution in [0.25, 0.3) is 0 Å². The Morgan fingerprint density at radius 1 is 1.30 bits per heavy atom. The number of hydrogen-bond acceptors (Lipinski definition) is 3. The maximum absolute atomic E-state index is 14.1. The Kier molecular flexibility index (Phi) is 5.99. The van der Waals surface area contributed by atoms with Gasteiger partial charge in [-0.15, -0.1) is 0 Å². The third-order valence-electron chi connectivity index (χ3n) is 5.90. The van der Waals surface area contributed by atoms with E-state index in [2.05, 4.69) is 17.6 Å². The minimum atomic E-state index is -0.830. The lowest BCUT2D eigenvalue weighted by Crippen LogP contribution is -2.56. The van der Waals surface area contributed by atoms with Gasteiger partial charge in [0.1, 0.15) is 5.82 Å². The highest BCUT2D eigenvalue weighted by Crippen LogP contribution is 2.35. The monoisotopic (exact) mass is 377 g/mol. The van der Waals surface area contributed by atoms with E-state index in [4.69, 9.17) is 5.11 Å². The van der Waals surface area contributed by atoms with Gasteiger partial charge in [0.15, 0.2) is 0 Å². The number of carboxylic acid groups (broad SMARTS) is 1. The molecule has 1 fully saturated rings. The molecule has 1 aromatic rings. The summed E-state index contributed by atoms with van der Waals surface area (Å²) in [5.74, 6) is -0.792. The van der Waals surface area contributed by atoms with Gasteiger partial charge in [-0.1, -0.05) is 26.0 Å². The van der Waals surface area contributed by atoms with E-state index in [0.717, 1.165) is 24.8 Å². The zero-order chi connectivity index (χ0) is 19.6. The maximum atomic E-state index is 14.1. The van der Waals surface area contributed by atoms with E-state index in [0.29, 0.717) is 18.5 Å². The summed E-state index contributed by atoms with van der Waals surface area (Å²) in [6.45, 7) is 4.72. The summed E-state index contributed by atoms with van der Waals surface area (Å²) in [4.78, 5) is 25.3. The van der Waals surface area contributed by atoms with Gasteiger partial charge >= 0.3 is 12.0 Å². The molecule has 0 bridgehead atoms. The molecule has 2 atom stereocenters. The van der Waals surface area contributed by atoms with E-state index in [1.54, 1.807) is 6.07 Å². The van der Waals surface area contributed by atoms with Crippen LogP contribution in [0.2, 0.25) is 0 Å². The minimum absolute atomic E-state index is 0.0298. The van der Waals surface area contributed by atoms with Crippen LogP contribution in [0.5, 0.6) is 0 Å². The van der Waals surface area contributed by atoms with Crippen LogP contribution in [0.1, 0.15) is 50.3 Å². The quantitative estimate of drug-likeness (QED) is 0.712. The maximum Gasteiger partial charge on any atom is 0.317 e. The van der Waals surface area contributed by atoms with Gasteiger partial charge in [-0.2, -0.15) is 0 Å². The number of carboxylic acids is 1. The summed E-state index contributed by atoms with van der Waals surface area (Å²) in [6, 6.07) is 4.86. The molecule has 0 radical (unpaired) electrons. The molecule has 0 aliphatic heterocycles. The molecule has 0 spiro atoms.